The van der Waals surface area contributed by atoms with Crippen LogP contribution in [0.1, 0.15) is 18.1 Å². The Morgan fingerprint density at radius 3 is 2.40 bits per heavy atom. The van der Waals surface area contributed by atoms with Crippen LogP contribution in [0.15, 0.2) is 24.3 Å². The van der Waals surface area contributed by atoms with E-state index in [4.69, 9.17) is 0 Å². The van der Waals surface area contributed by atoms with E-state index in [1.807, 2.05) is 12.1 Å². The summed E-state index contributed by atoms with van der Waals surface area (Å²) in [5.74, 6) is 0. The zero-order valence-corrected chi connectivity index (χ0v) is 9.58. The van der Waals surface area contributed by atoms with Gasteiger partial charge in [0.1, 0.15) is 0 Å². The lowest BCUT2D eigenvalue weighted by Gasteiger charge is -2.13. The Labute approximate surface area is 91.1 Å². The smallest absolute Gasteiger partial charge is 0.317 e. The number of hydrogen-bond acceptors (Lipinski definition) is 1. The van der Waals surface area contributed by atoms with Gasteiger partial charge in [-0.3, -0.25) is 0 Å². The highest BCUT2D eigenvalue weighted by Gasteiger charge is 2.04. The Morgan fingerprint density at radius 2 is 1.87 bits per heavy atom. The van der Waals surface area contributed by atoms with Gasteiger partial charge >= 0.3 is 6.03 Å². The monoisotopic (exact) mass is 206 g/mol. The summed E-state index contributed by atoms with van der Waals surface area (Å²) in [6.07, 6.45) is 0.994. The molecule has 0 aliphatic rings. The highest BCUT2D eigenvalue weighted by atomic mass is 16.2. The van der Waals surface area contributed by atoms with Crippen molar-refractivity contribution in [3.05, 3.63) is 35.4 Å². The first kappa shape index (κ1) is 11.6. The lowest BCUT2D eigenvalue weighted by atomic mass is 10.1. The Kier molecular flexibility index (Phi) is 4.16. The summed E-state index contributed by atoms with van der Waals surface area (Å²) in [5, 5.41) is 2.86. The van der Waals surface area contributed by atoms with Gasteiger partial charge in [-0.2, -0.15) is 0 Å². The minimum atomic E-state index is -0.0547. The van der Waals surface area contributed by atoms with E-state index in [2.05, 4.69) is 24.4 Å². The molecule has 1 rings (SSSR count). The van der Waals surface area contributed by atoms with Crippen molar-refractivity contribution in [2.24, 2.45) is 0 Å². The average Bonchev–Trinajstić information content (AvgIpc) is 2.26. The zero-order chi connectivity index (χ0) is 11.3. The first-order valence-electron chi connectivity index (χ1n) is 5.17. The fourth-order valence-electron chi connectivity index (χ4n) is 1.40. The quantitative estimate of drug-likeness (QED) is 0.806. The predicted molar refractivity (Wildman–Crippen MR) is 61.7 cm³/mol. The van der Waals surface area contributed by atoms with Crippen LogP contribution in [0, 0.1) is 0 Å². The molecule has 0 spiro atoms. The molecule has 2 amide bonds. The van der Waals surface area contributed by atoms with Gasteiger partial charge in [-0.15, -0.1) is 0 Å². The number of carbonyl (C=O) groups excluding carboxylic acids is 1. The van der Waals surface area contributed by atoms with Gasteiger partial charge in [0.2, 0.25) is 0 Å². The molecule has 0 saturated carbocycles. The Balaban J connectivity index is 2.61. The topological polar surface area (TPSA) is 32.3 Å². The third kappa shape index (κ3) is 3.27. The highest BCUT2D eigenvalue weighted by molar-refractivity contribution is 5.73. The van der Waals surface area contributed by atoms with Crippen LogP contribution in [0.4, 0.5) is 4.79 Å². The third-order valence-electron chi connectivity index (χ3n) is 2.34. The lowest BCUT2D eigenvalue weighted by Crippen LogP contribution is -2.34. The van der Waals surface area contributed by atoms with Crippen LogP contribution in [0.25, 0.3) is 0 Å². The maximum Gasteiger partial charge on any atom is 0.317 e. The molecule has 1 aromatic rings. The Hall–Kier alpha value is -1.51. The fraction of sp³-hybridized carbons (Fsp3) is 0.417. The second kappa shape index (κ2) is 5.39. The number of urea groups is 1. The van der Waals surface area contributed by atoms with Crippen molar-refractivity contribution in [1.82, 2.24) is 10.2 Å². The molecule has 0 aliphatic carbocycles. The second-order valence-corrected chi connectivity index (χ2v) is 3.68. The summed E-state index contributed by atoms with van der Waals surface area (Å²) in [4.78, 5) is 12.9. The number of aryl methyl sites for hydroxylation is 1. The molecule has 0 aromatic heterocycles. The van der Waals surface area contributed by atoms with E-state index in [9.17, 15) is 4.79 Å². The largest absolute Gasteiger partial charge is 0.334 e. The molecular weight excluding hydrogens is 188 g/mol. The van der Waals surface area contributed by atoms with Crippen molar-refractivity contribution in [2.45, 2.75) is 19.9 Å². The molecule has 1 N–H and O–H groups in total. The molecule has 0 aliphatic heterocycles. The summed E-state index contributed by atoms with van der Waals surface area (Å²) in [6, 6.07) is 8.11. The lowest BCUT2D eigenvalue weighted by molar-refractivity contribution is 0.217. The molecule has 0 bridgehead atoms. The van der Waals surface area contributed by atoms with E-state index in [-0.39, 0.29) is 6.03 Å². The number of carbonyl (C=O) groups is 1. The number of nitrogens with zero attached hydrogens (tertiary/aromatic N) is 1. The van der Waals surface area contributed by atoms with Gasteiger partial charge in [0.15, 0.2) is 0 Å². The number of amides is 2. The van der Waals surface area contributed by atoms with Gasteiger partial charge in [-0.05, 0) is 17.5 Å². The zero-order valence-electron chi connectivity index (χ0n) is 9.58. The third-order valence-corrected chi connectivity index (χ3v) is 2.34. The second-order valence-electron chi connectivity index (χ2n) is 3.68. The first-order chi connectivity index (χ1) is 7.15. The van der Waals surface area contributed by atoms with E-state index in [1.165, 1.54) is 16.0 Å². The van der Waals surface area contributed by atoms with E-state index in [0.29, 0.717) is 6.54 Å². The summed E-state index contributed by atoms with van der Waals surface area (Å²) in [5.41, 5.74) is 2.48. The molecule has 15 heavy (non-hydrogen) atoms. The van der Waals surface area contributed by atoms with Crippen LogP contribution in [0.5, 0.6) is 0 Å². The molecule has 0 unspecified atom stereocenters. The van der Waals surface area contributed by atoms with Gasteiger partial charge in [0.25, 0.3) is 0 Å². The van der Waals surface area contributed by atoms with E-state index in [0.717, 1.165) is 6.42 Å². The van der Waals surface area contributed by atoms with Gasteiger partial charge in [0.05, 0.1) is 0 Å². The normalized spacial score (nSPS) is 9.80. The van der Waals surface area contributed by atoms with Crippen LogP contribution in [0.2, 0.25) is 0 Å². The molecule has 82 valence electrons. The molecule has 0 saturated heterocycles. The van der Waals surface area contributed by atoms with Crippen molar-refractivity contribution in [1.29, 1.82) is 0 Å². The van der Waals surface area contributed by atoms with Gasteiger partial charge < -0.3 is 10.2 Å². The van der Waals surface area contributed by atoms with Crippen molar-refractivity contribution in [3.63, 3.8) is 0 Å². The van der Waals surface area contributed by atoms with Crippen LogP contribution in [0.3, 0.4) is 0 Å². The highest BCUT2D eigenvalue weighted by Crippen LogP contribution is 2.08. The first-order valence-corrected chi connectivity index (χ1v) is 5.17. The standard InChI is InChI=1S/C12H18N2O/c1-4-10-7-5-6-8-11(10)9-13-12(15)14(2)3/h5-8H,4,9H2,1-3H3,(H,13,15). The maximum absolute atomic E-state index is 11.3. The van der Waals surface area contributed by atoms with Gasteiger partial charge in [0, 0.05) is 20.6 Å². The summed E-state index contributed by atoms with van der Waals surface area (Å²) in [7, 11) is 3.47. The molecule has 0 fully saturated rings. The van der Waals surface area contributed by atoms with Crippen LogP contribution in [-0.4, -0.2) is 25.0 Å². The van der Waals surface area contributed by atoms with Crippen molar-refractivity contribution in [3.8, 4) is 0 Å². The Bertz CT molecular complexity index is 334. The van der Waals surface area contributed by atoms with E-state index >= 15 is 0 Å². The van der Waals surface area contributed by atoms with Crippen LogP contribution < -0.4 is 5.32 Å². The van der Waals surface area contributed by atoms with E-state index in [1.54, 1.807) is 14.1 Å². The van der Waals surface area contributed by atoms with E-state index < -0.39 is 0 Å². The van der Waals surface area contributed by atoms with Gasteiger partial charge in [-0.25, -0.2) is 4.79 Å². The number of rotatable bonds is 3. The fourth-order valence-corrected chi connectivity index (χ4v) is 1.40. The summed E-state index contributed by atoms with van der Waals surface area (Å²) >= 11 is 0. The summed E-state index contributed by atoms with van der Waals surface area (Å²) in [6.45, 7) is 2.72. The SMILES string of the molecule is CCc1ccccc1CNC(=O)N(C)C. The molecule has 0 heterocycles. The molecule has 3 heteroatoms. The van der Waals surface area contributed by atoms with Crippen molar-refractivity contribution in [2.75, 3.05) is 14.1 Å². The molecule has 0 atom stereocenters. The minimum absolute atomic E-state index is 0.0547. The average molecular weight is 206 g/mol. The van der Waals surface area contributed by atoms with Gasteiger partial charge in [-0.1, -0.05) is 31.2 Å². The molecule has 0 radical (unpaired) electrons. The maximum atomic E-state index is 11.3. The van der Waals surface area contributed by atoms with Crippen LogP contribution >= 0.6 is 0 Å². The number of benzene rings is 1. The Morgan fingerprint density at radius 1 is 1.27 bits per heavy atom. The van der Waals surface area contributed by atoms with Crippen molar-refractivity contribution < 1.29 is 4.79 Å². The molecule has 1 aromatic carbocycles. The minimum Gasteiger partial charge on any atom is -0.334 e. The van der Waals surface area contributed by atoms with Crippen LogP contribution in [-0.2, 0) is 13.0 Å². The number of nitrogens with one attached hydrogen (secondary N) is 1. The predicted octanol–water partition coefficient (Wildman–Crippen LogP) is 2.02. The van der Waals surface area contributed by atoms with Crippen molar-refractivity contribution >= 4 is 6.03 Å². The summed E-state index contributed by atoms with van der Waals surface area (Å²) < 4.78 is 0. The molecule has 3 nitrogen and oxygen atoms in total. The molecular formula is C12H18N2O. The number of hydrogen-bond donors (Lipinski definition) is 1.